The Morgan fingerprint density at radius 1 is 1.27 bits per heavy atom. The summed E-state index contributed by atoms with van der Waals surface area (Å²) in [7, 11) is 0. The molecule has 0 fully saturated rings. The number of nitrogens with one attached hydrogen (secondary N) is 2. The fourth-order valence-corrected chi connectivity index (χ4v) is 2.29. The Labute approximate surface area is 129 Å². The van der Waals surface area contributed by atoms with E-state index in [0.717, 1.165) is 12.1 Å². The van der Waals surface area contributed by atoms with Crippen LogP contribution in [0.4, 0.5) is 0 Å². The van der Waals surface area contributed by atoms with Crippen LogP contribution in [0.1, 0.15) is 34.6 Å². The zero-order valence-electron chi connectivity index (χ0n) is 12.4. The summed E-state index contributed by atoms with van der Waals surface area (Å²) in [6.45, 7) is 2.67. The lowest BCUT2D eigenvalue weighted by Crippen LogP contribution is -2.26. The van der Waals surface area contributed by atoms with Gasteiger partial charge in [-0.2, -0.15) is 5.10 Å². The minimum atomic E-state index is -0.117. The van der Waals surface area contributed by atoms with Gasteiger partial charge < -0.3 is 10.3 Å². The topological polar surface area (TPSA) is 62.7 Å². The van der Waals surface area contributed by atoms with Crippen molar-refractivity contribution in [2.45, 2.75) is 19.5 Å². The second-order valence-corrected chi connectivity index (χ2v) is 5.24. The first-order chi connectivity index (χ1) is 10.7. The zero-order valence-corrected chi connectivity index (χ0v) is 12.4. The van der Waals surface area contributed by atoms with Crippen LogP contribution in [0.5, 0.6) is 0 Å². The summed E-state index contributed by atoms with van der Waals surface area (Å²) in [4.78, 5) is 14.9. The van der Waals surface area contributed by atoms with E-state index in [9.17, 15) is 4.79 Å². The van der Waals surface area contributed by atoms with Crippen LogP contribution in [0.15, 0.2) is 61.1 Å². The van der Waals surface area contributed by atoms with Crippen molar-refractivity contribution in [1.29, 1.82) is 0 Å². The molecule has 1 aromatic carbocycles. The number of aromatic amines is 1. The van der Waals surface area contributed by atoms with Crippen LogP contribution < -0.4 is 5.32 Å². The highest BCUT2D eigenvalue weighted by Gasteiger charge is 2.13. The first kappa shape index (κ1) is 14.1. The van der Waals surface area contributed by atoms with Gasteiger partial charge in [0.1, 0.15) is 5.69 Å². The summed E-state index contributed by atoms with van der Waals surface area (Å²) in [5, 5.41) is 7.31. The lowest BCUT2D eigenvalue weighted by Gasteiger charge is -2.11. The Bertz CT molecular complexity index is 731. The van der Waals surface area contributed by atoms with E-state index in [2.05, 4.69) is 27.5 Å². The molecule has 2 heterocycles. The molecule has 0 aliphatic carbocycles. The van der Waals surface area contributed by atoms with E-state index in [1.807, 2.05) is 36.0 Å². The summed E-state index contributed by atoms with van der Waals surface area (Å²) in [5.74, 6) is -0.117. The number of carbonyl (C=O) groups is 1. The predicted octanol–water partition coefficient (Wildman–Crippen LogP) is 2.75. The number of nitrogens with zero attached hydrogens (tertiary/aromatic N) is 2. The Morgan fingerprint density at radius 3 is 2.82 bits per heavy atom. The van der Waals surface area contributed by atoms with Gasteiger partial charge in [-0.25, -0.2) is 0 Å². The van der Waals surface area contributed by atoms with Gasteiger partial charge >= 0.3 is 0 Å². The van der Waals surface area contributed by atoms with E-state index in [-0.39, 0.29) is 11.9 Å². The van der Waals surface area contributed by atoms with Crippen molar-refractivity contribution in [3.63, 3.8) is 0 Å². The summed E-state index contributed by atoms with van der Waals surface area (Å²) < 4.78 is 1.88. The highest BCUT2D eigenvalue weighted by molar-refractivity contribution is 5.92. The van der Waals surface area contributed by atoms with Gasteiger partial charge in [0.2, 0.25) is 0 Å². The standard InChI is InChI=1S/C17H18N4O/c1-13(20-17(22)16-8-5-9-18-16)15-10-19-21(12-15)11-14-6-3-2-4-7-14/h2-10,12-13,18H,11H2,1H3,(H,20,22)/t13-/m1/s1. The number of rotatable bonds is 5. The van der Waals surface area contributed by atoms with Crippen molar-refractivity contribution >= 4 is 5.91 Å². The van der Waals surface area contributed by atoms with Crippen LogP contribution in [-0.2, 0) is 6.54 Å². The van der Waals surface area contributed by atoms with Crippen LogP contribution in [0.25, 0.3) is 0 Å². The van der Waals surface area contributed by atoms with E-state index < -0.39 is 0 Å². The number of hydrogen-bond donors (Lipinski definition) is 2. The highest BCUT2D eigenvalue weighted by Crippen LogP contribution is 2.13. The highest BCUT2D eigenvalue weighted by atomic mass is 16.1. The van der Waals surface area contributed by atoms with Crippen molar-refractivity contribution in [1.82, 2.24) is 20.1 Å². The van der Waals surface area contributed by atoms with E-state index in [0.29, 0.717) is 5.69 Å². The van der Waals surface area contributed by atoms with Crippen molar-refractivity contribution in [3.05, 3.63) is 77.9 Å². The van der Waals surface area contributed by atoms with Gasteiger partial charge in [0, 0.05) is 18.0 Å². The molecule has 0 saturated heterocycles. The van der Waals surface area contributed by atoms with Gasteiger partial charge in [-0.05, 0) is 24.6 Å². The average molecular weight is 294 g/mol. The number of benzene rings is 1. The Balaban J connectivity index is 1.64. The monoisotopic (exact) mass is 294 g/mol. The van der Waals surface area contributed by atoms with Crippen molar-refractivity contribution < 1.29 is 4.79 Å². The molecule has 0 spiro atoms. The maximum Gasteiger partial charge on any atom is 0.268 e. The van der Waals surface area contributed by atoms with E-state index >= 15 is 0 Å². The van der Waals surface area contributed by atoms with Crippen LogP contribution in [0.2, 0.25) is 0 Å². The first-order valence-corrected chi connectivity index (χ1v) is 7.23. The van der Waals surface area contributed by atoms with E-state index in [1.165, 1.54) is 5.56 Å². The Kier molecular flexibility index (Phi) is 4.05. The molecule has 0 bridgehead atoms. The molecule has 1 atom stereocenters. The van der Waals surface area contributed by atoms with Crippen LogP contribution in [-0.4, -0.2) is 20.7 Å². The normalized spacial score (nSPS) is 12.0. The quantitative estimate of drug-likeness (QED) is 0.760. The molecule has 0 saturated carbocycles. The molecule has 22 heavy (non-hydrogen) atoms. The molecule has 5 heteroatoms. The van der Waals surface area contributed by atoms with Crippen molar-refractivity contribution in [2.24, 2.45) is 0 Å². The smallest absolute Gasteiger partial charge is 0.268 e. The summed E-state index contributed by atoms with van der Waals surface area (Å²) in [6.07, 6.45) is 5.49. The van der Waals surface area contributed by atoms with Gasteiger partial charge in [-0.1, -0.05) is 30.3 Å². The maximum absolute atomic E-state index is 12.0. The molecule has 5 nitrogen and oxygen atoms in total. The SMILES string of the molecule is C[C@@H](NC(=O)c1ccc[nH]1)c1cnn(Cc2ccccc2)c1. The van der Waals surface area contributed by atoms with E-state index in [4.69, 9.17) is 0 Å². The molecule has 2 aromatic heterocycles. The summed E-state index contributed by atoms with van der Waals surface area (Å²) in [6, 6.07) is 13.6. The molecule has 3 aromatic rings. The average Bonchev–Trinajstić information content (AvgIpc) is 3.19. The fraction of sp³-hybridized carbons (Fsp3) is 0.176. The molecule has 0 aliphatic rings. The largest absolute Gasteiger partial charge is 0.357 e. The Hall–Kier alpha value is -2.82. The molecule has 0 radical (unpaired) electrons. The third-order valence-corrected chi connectivity index (χ3v) is 3.53. The van der Waals surface area contributed by atoms with Crippen LogP contribution in [0, 0.1) is 0 Å². The van der Waals surface area contributed by atoms with Crippen molar-refractivity contribution in [3.8, 4) is 0 Å². The molecule has 112 valence electrons. The lowest BCUT2D eigenvalue weighted by atomic mass is 10.2. The van der Waals surface area contributed by atoms with Gasteiger partial charge in [-0.3, -0.25) is 9.48 Å². The third kappa shape index (κ3) is 3.25. The van der Waals surface area contributed by atoms with Gasteiger partial charge in [0.15, 0.2) is 0 Å². The van der Waals surface area contributed by atoms with Gasteiger partial charge in [-0.15, -0.1) is 0 Å². The van der Waals surface area contributed by atoms with E-state index in [1.54, 1.807) is 24.5 Å². The molecule has 3 rings (SSSR count). The molecular weight excluding hydrogens is 276 g/mol. The summed E-state index contributed by atoms with van der Waals surface area (Å²) >= 11 is 0. The minimum Gasteiger partial charge on any atom is -0.357 e. The predicted molar refractivity (Wildman–Crippen MR) is 84.4 cm³/mol. The zero-order chi connectivity index (χ0) is 15.4. The van der Waals surface area contributed by atoms with Crippen LogP contribution in [0.3, 0.4) is 0 Å². The van der Waals surface area contributed by atoms with Crippen LogP contribution >= 0.6 is 0 Å². The number of amides is 1. The summed E-state index contributed by atoms with van der Waals surface area (Å²) in [5.41, 5.74) is 2.74. The van der Waals surface area contributed by atoms with Gasteiger partial charge in [0.05, 0.1) is 18.8 Å². The second kappa shape index (κ2) is 6.30. The van der Waals surface area contributed by atoms with Crippen molar-refractivity contribution in [2.75, 3.05) is 0 Å². The molecule has 0 aliphatic heterocycles. The lowest BCUT2D eigenvalue weighted by molar-refractivity contribution is 0.0935. The number of aromatic nitrogens is 3. The minimum absolute atomic E-state index is 0.0969. The molecule has 2 N–H and O–H groups in total. The first-order valence-electron chi connectivity index (χ1n) is 7.23. The molecule has 0 unspecified atom stereocenters. The number of hydrogen-bond acceptors (Lipinski definition) is 2. The number of carbonyl (C=O) groups excluding carboxylic acids is 1. The third-order valence-electron chi connectivity index (χ3n) is 3.53. The Morgan fingerprint density at radius 2 is 2.09 bits per heavy atom. The molecular formula is C17H18N4O. The van der Waals surface area contributed by atoms with Gasteiger partial charge in [0.25, 0.3) is 5.91 Å². The molecule has 1 amide bonds. The second-order valence-electron chi connectivity index (χ2n) is 5.24. The number of H-pyrrole nitrogens is 1. The fourth-order valence-electron chi connectivity index (χ4n) is 2.29. The maximum atomic E-state index is 12.0.